The first-order chi connectivity index (χ1) is 16.2. The fourth-order valence-electron chi connectivity index (χ4n) is 3.52. The molecule has 0 radical (unpaired) electrons. The van der Waals surface area contributed by atoms with Crippen LogP contribution in [-0.2, 0) is 26.3 Å². The highest BCUT2D eigenvalue weighted by atomic mass is 32.2. The van der Waals surface area contributed by atoms with Crippen LogP contribution in [0, 0.1) is 0 Å². The van der Waals surface area contributed by atoms with E-state index in [1.54, 1.807) is 30.3 Å². The molecule has 2 amide bonds. The van der Waals surface area contributed by atoms with Crippen molar-refractivity contribution in [2.24, 2.45) is 0 Å². The summed E-state index contributed by atoms with van der Waals surface area (Å²) in [5.74, 6) is -0.683. The zero-order valence-corrected chi connectivity index (χ0v) is 21.3. The van der Waals surface area contributed by atoms with Gasteiger partial charge in [0.2, 0.25) is 11.8 Å². The maximum atomic E-state index is 13.7. The molecule has 0 saturated carbocycles. The zero-order chi connectivity index (χ0) is 25.1. The number of hydrogen-bond acceptors (Lipinski definition) is 4. The number of benzene rings is 2. The monoisotopic (exact) mass is 488 g/mol. The summed E-state index contributed by atoms with van der Waals surface area (Å²) >= 11 is 0. The molecule has 34 heavy (non-hydrogen) atoms. The number of nitrogens with zero attached hydrogens (tertiary/aromatic N) is 3. The predicted molar refractivity (Wildman–Crippen MR) is 135 cm³/mol. The Labute approximate surface area is 203 Å². The van der Waals surface area contributed by atoms with Crippen LogP contribution in [0.15, 0.2) is 60.7 Å². The van der Waals surface area contributed by atoms with Gasteiger partial charge in [-0.25, -0.2) is 4.31 Å². The molecule has 186 valence electrons. The van der Waals surface area contributed by atoms with Crippen LogP contribution in [0.1, 0.15) is 38.7 Å². The Morgan fingerprint density at radius 2 is 1.53 bits per heavy atom. The predicted octanol–water partition coefficient (Wildman–Crippen LogP) is 3.02. The molecule has 0 spiro atoms. The average molecular weight is 489 g/mol. The third kappa shape index (κ3) is 7.30. The van der Waals surface area contributed by atoms with Crippen LogP contribution < -0.4 is 9.62 Å². The molecule has 0 aliphatic carbocycles. The van der Waals surface area contributed by atoms with Gasteiger partial charge in [-0.05, 0) is 30.5 Å². The maximum absolute atomic E-state index is 13.7. The van der Waals surface area contributed by atoms with Gasteiger partial charge in [0.05, 0.1) is 5.69 Å². The van der Waals surface area contributed by atoms with E-state index in [-0.39, 0.29) is 12.5 Å². The summed E-state index contributed by atoms with van der Waals surface area (Å²) in [6.45, 7) is 4.20. The molecule has 1 N–H and O–H groups in total. The van der Waals surface area contributed by atoms with E-state index in [0.717, 1.165) is 27.0 Å². The molecule has 1 atom stereocenters. The van der Waals surface area contributed by atoms with Crippen molar-refractivity contribution in [1.82, 2.24) is 14.5 Å². The summed E-state index contributed by atoms with van der Waals surface area (Å²) < 4.78 is 28.3. The van der Waals surface area contributed by atoms with Crippen molar-refractivity contribution >= 4 is 27.7 Å². The van der Waals surface area contributed by atoms with Crippen molar-refractivity contribution in [2.75, 3.05) is 31.5 Å². The van der Waals surface area contributed by atoms with Gasteiger partial charge in [0.25, 0.3) is 0 Å². The Hall–Kier alpha value is -2.91. The smallest absolute Gasteiger partial charge is 0.304 e. The first-order valence-corrected chi connectivity index (χ1v) is 13.0. The van der Waals surface area contributed by atoms with Gasteiger partial charge < -0.3 is 10.2 Å². The topological polar surface area (TPSA) is 90.0 Å². The highest BCUT2D eigenvalue weighted by Crippen LogP contribution is 2.21. The zero-order valence-electron chi connectivity index (χ0n) is 20.5. The van der Waals surface area contributed by atoms with Crippen LogP contribution in [0.5, 0.6) is 0 Å². The fourth-order valence-corrected chi connectivity index (χ4v) is 4.57. The highest BCUT2D eigenvalue weighted by Gasteiger charge is 2.33. The number of rotatable bonds is 13. The molecule has 0 aliphatic heterocycles. The van der Waals surface area contributed by atoms with Crippen molar-refractivity contribution in [2.45, 2.75) is 45.7 Å². The third-order valence-electron chi connectivity index (χ3n) is 5.47. The van der Waals surface area contributed by atoms with Crippen LogP contribution in [-0.4, -0.2) is 62.7 Å². The Bertz CT molecular complexity index is 1010. The molecule has 0 aliphatic rings. The summed E-state index contributed by atoms with van der Waals surface area (Å²) in [5.41, 5.74) is 1.24. The van der Waals surface area contributed by atoms with Crippen molar-refractivity contribution in [3.63, 3.8) is 0 Å². The van der Waals surface area contributed by atoms with Gasteiger partial charge in [-0.3, -0.25) is 9.59 Å². The lowest BCUT2D eigenvalue weighted by Crippen LogP contribution is -2.53. The average Bonchev–Trinajstić information content (AvgIpc) is 2.83. The normalized spacial score (nSPS) is 12.3. The van der Waals surface area contributed by atoms with E-state index in [1.807, 2.05) is 44.2 Å². The largest absolute Gasteiger partial charge is 0.354 e. The summed E-state index contributed by atoms with van der Waals surface area (Å²) in [6.07, 6.45) is 2.19. The van der Waals surface area contributed by atoms with Crippen LogP contribution in [0.25, 0.3) is 0 Å². The SMILES string of the molecule is CCCCNC(=O)C(CC)N(Cc1ccccc1)C(=O)CN(c1ccccc1)S(=O)(=O)N(C)C. The van der Waals surface area contributed by atoms with Gasteiger partial charge in [0, 0.05) is 27.2 Å². The third-order valence-corrected chi connectivity index (χ3v) is 7.29. The standard InChI is InChI=1S/C25H36N4O4S/c1-5-7-18-26-25(31)23(6-2)28(19-21-14-10-8-11-15-21)24(30)20-29(34(32,33)27(3)4)22-16-12-9-13-17-22/h8-17,23H,5-7,18-20H2,1-4H3,(H,26,31). The number of carbonyl (C=O) groups excluding carboxylic acids is 2. The van der Waals surface area contributed by atoms with E-state index in [9.17, 15) is 18.0 Å². The van der Waals surface area contributed by atoms with E-state index < -0.39 is 28.7 Å². The van der Waals surface area contributed by atoms with Crippen LogP contribution in [0.3, 0.4) is 0 Å². The van der Waals surface area contributed by atoms with Crippen molar-refractivity contribution in [3.05, 3.63) is 66.2 Å². The summed E-state index contributed by atoms with van der Waals surface area (Å²) in [4.78, 5) is 28.1. The number of nitrogens with one attached hydrogen (secondary N) is 1. The van der Waals surface area contributed by atoms with Gasteiger partial charge in [-0.15, -0.1) is 0 Å². The van der Waals surface area contributed by atoms with Gasteiger partial charge in [0.1, 0.15) is 12.6 Å². The van der Waals surface area contributed by atoms with Gasteiger partial charge >= 0.3 is 10.2 Å². The van der Waals surface area contributed by atoms with Gasteiger partial charge in [-0.2, -0.15) is 12.7 Å². The molecule has 8 nitrogen and oxygen atoms in total. The fraction of sp³-hybridized carbons (Fsp3) is 0.440. The van der Waals surface area contributed by atoms with Crippen LogP contribution >= 0.6 is 0 Å². The van der Waals surface area contributed by atoms with Crippen molar-refractivity contribution in [3.8, 4) is 0 Å². The quantitative estimate of drug-likeness (QED) is 0.439. The van der Waals surface area contributed by atoms with E-state index in [2.05, 4.69) is 5.32 Å². The molecule has 0 bridgehead atoms. The van der Waals surface area contributed by atoms with Gasteiger partial charge in [0.15, 0.2) is 0 Å². The summed E-state index contributed by atoms with van der Waals surface area (Å²) in [7, 11) is -1.10. The Balaban J connectivity index is 2.40. The second-order valence-electron chi connectivity index (χ2n) is 8.21. The lowest BCUT2D eigenvalue weighted by molar-refractivity contribution is -0.140. The van der Waals surface area contributed by atoms with Crippen molar-refractivity contribution in [1.29, 1.82) is 0 Å². The highest BCUT2D eigenvalue weighted by molar-refractivity contribution is 7.90. The lowest BCUT2D eigenvalue weighted by atomic mass is 10.1. The van der Waals surface area contributed by atoms with E-state index >= 15 is 0 Å². The molecule has 9 heteroatoms. The Morgan fingerprint density at radius 3 is 2.06 bits per heavy atom. The van der Waals surface area contributed by atoms with Crippen molar-refractivity contribution < 1.29 is 18.0 Å². The first-order valence-electron chi connectivity index (χ1n) is 11.6. The van der Waals surface area contributed by atoms with E-state index in [4.69, 9.17) is 0 Å². The minimum atomic E-state index is -3.95. The summed E-state index contributed by atoms with van der Waals surface area (Å²) in [5, 5.41) is 2.92. The molecule has 0 aromatic heterocycles. The van der Waals surface area contributed by atoms with Gasteiger partial charge in [-0.1, -0.05) is 68.8 Å². The molecule has 2 rings (SSSR count). The van der Waals surface area contributed by atoms with E-state index in [1.165, 1.54) is 19.0 Å². The number of hydrogen-bond donors (Lipinski definition) is 1. The minimum absolute atomic E-state index is 0.198. The molecular weight excluding hydrogens is 452 g/mol. The van der Waals surface area contributed by atoms with Crippen LogP contribution in [0.4, 0.5) is 5.69 Å². The number of anilines is 1. The maximum Gasteiger partial charge on any atom is 0.304 e. The minimum Gasteiger partial charge on any atom is -0.354 e. The summed E-state index contributed by atoms with van der Waals surface area (Å²) in [6, 6.07) is 17.2. The lowest BCUT2D eigenvalue weighted by Gasteiger charge is -2.34. The first kappa shape index (κ1) is 27.3. The molecule has 0 saturated heterocycles. The molecule has 2 aromatic rings. The van der Waals surface area contributed by atoms with E-state index in [0.29, 0.717) is 18.7 Å². The number of amides is 2. The molecular formula is C25H36N4O4S. The second-order valence-corrected chi connectivity index (χ2v) is 10.3. The Morgan fingerprint density at radius 1 is 0.941 bits per heavy atom. The van der Waals surface area contributed by atoms with Crippen LogP contribution in [0.2, 0.25) is 0 Å². The number of para-hydroxylation sites is 1. The number of carbonyl (C=O) groups is 2. The molecule has 1 unspecified atom stereocenters. The second kappa shape index (κ2) is 13.1. The molecule has 0 fully saturated rings. The Kier molecular flexibility index (Phi) is 10.5. The molecule has 2 aromatic carbocycles. The molecule has 0 heterocycles. The number of unbranched alkanes of at least 4 members (excludes halogenated alkanes) is 1.